The van der Waals surface area contributed by atoms with Crippen molar-refractivity contribution in [2.45, 2.75) is 25.7 Å². The summed E-state index contributed by atoms with van der Waals surface area (Å²) in [6, 6.07) is 18.6. The molecule has 150 valence electrons. The molecule has 6 nitrogen and oxygen atoms in total. The molecule has 2 atom stereocenters. The van der Waals surface area contributed by atoms with Gasteiger partial charge in [0.2, 0.25) is 0 Å². The molecule has 0 aliphatic carbocycles. The number of carbonyl (C=O) groups excluding carboxylic acids is 1. The number of aliphatic imine (C=N–C) groups is 1. The monoisotopic (exact) mass is 417 g/mol. The minimum absolute atomic E-state index is 0.337. The van der Waals surface area contributed by atoms with E-state index in [0.29, 0.717) is 22.9 Å². The van der Waals surface area contributed by atoms with E-state index in [1.54, 1.807) is 18.3 Å². The molecule has 7 heteroatoms. The zero-order valence-electron chi connectivity index (χ0n) is 16.4. The van der Waals surface area contributed by atoms with Crippen LogP contribution in [0.1, 0.15) is 36.8 Å². The number of halogens is 1. The maximum Gasteiger partial charge on any atom is 0.348 e. The maximum absolute atomic E-state index is 12.9. The Balaban J connectivity index is 1.81. The summed E-state index contributed by atoms with van der Waals surface area (Å²) in [7, 11) is 0. The minimum Gasteiger partial charge on any atom is -0.306 e. The number of carbonyl (C=O) groups is 1. The predicted molar refractivity (Wildman–Crippen MR) is 117 cm³/mol. The SMILES string of the molecule is CCCC1=Nc2c(cnn2C(=O)Nc2ccccc2)C(c2ccccc2Cl)C1C#N. The highest BCUT2D eigenvalue weighted by Crippen LogP contribution is 2.44. The molecule has 0 bridgehead atoms. The van der Waals surface area contributed by atoms with Gasteiger partial charge in [-0.15, -0.1) is 0 Å². The average molecular weight is 418 g/mol. The van der Waals surface area contributed by atoms with Crippen molar-refractivity contribution in [2.75, 3.05) is 5.32 Å². The normalized spacial score (nSPS) is 17.6. The van der Waals surface area contributed by atoms with Gasteiger partial charge < -0.3 is 5.32 Å². The van der Waals surface area contributed by atoms with Crippen LogP contribution in [-0.4, -0.2) is 21.5 Å². The van der Waals surface area contributed by atoms with Gasteiger partial charge in [-0.3, -0.25) is 0 Å². The molecule has 1 aromatic heterocycles. The van der Waals surface area contributed by atoms with E-state index in [0.717, 1.165) is 23.3 Å². The van der Waals surface area contributed by atoms with Crippen LogP contribution in [-0.2, 0) is 0 Å². The van der Waals surface area contributed by atoms with Crippen LogP contribution < -0.4 is 5.32 Å². The molecule has 0 saturated carbocycles. The lowest BCUT2D eigenvalue weighted by atomic mass is 9.77. The molecule has 2 unspecified atom stereocenters. The number of anilines is 1. The van der Waals surface area contributed by atoms with E-state index in [1.165, 1.54) is 4.68 Å². The Morgan fingerprint density at radius 1 is 1.17 bits per heavy atom. The Kier molecular flexibility index (Phi) is 5.64. The van der Waals surface area contributed by atoms with Crippen LogP contribution in [0.25, 0.3) is 0 Å². The summed E-state index contributed by atoms with van der Waals surface area (Å²) in [6.45, 7) is 2.04. The second-order valence-corrected chi connectivity index (χ2v) is 7.50. The van der Waals surface area contributed by atoms with Crippen molar-refractivity contribution in [3.05, 3.63) is 76.9 Å². The van der Waals surface area contributed by atoms with E-state index in [9.17, 15) is 10.1 Å². The Hall–Kier alpha value is -3.43. The van der Waals surface area contributed by atoms with Gasteiger partial charge in [0.05, 0.1) is 18.2 Å². The van der Waals surface area contributed by atoms with Crippen LogP contribution in [0.3, 0.4) is 0 Å². The fraction of sp³-hybridized carbons (Fsp3) is 0.217. The van der Waals surface area contributed by atoms with Crippen molar-refractivity contribution in [1.82, 2.24) is 9.78 Å². The largest absolute Gasteiger partial charge is 0.348 e. The van der Waals surface area contributed by atoms with Gasteiger partial charge >= 0.3 is 6.03 Å². The first-order chi connectivity index (χ1) is 14.6. The third kappa shape index (κ3) is 3.60. The van der Waals surface area contributed by atoms with Crippen LogP contribution in [0.15, 0.2) is 65.8 Å². The highest BCUT2D eigenvalue weighted by atomic mass is 35.5. The summed E-state index contributed by atoms with van der Waals surface area (Å²) >= 11 is 6.49. The van der Waals surface area contributed by atoms with Gasteiger partial charge in [0.1, 0.15) is 0 Å². The van der Waals surface area contributed by atoms with E-state index in [4.69, 9.17) is 16.6 Å². The summed E-state index contributed by atoms with van der Waals surface area (Å²) in [5.74, 6) is -0.355. The molecular formula is C23H20ClN5O. The van der Waals surface area contributed by atoms with Crippen LogP contribution >= 0.6 is 11.6 Å². The highest BCUT2D eigenvalue weighted by Gasteiger charge is 2.38. The quantitative estimate of drug-likeness (QED) is 0.584. The van der Waals surface area contributed by atoms with Gasteiger partial charge in [-0.25, -0.2) is 9.79 Å². The maximum atomic E-state index is 12.9. The van der Waals surface area contributed by atoms with Gasteiger partial charge in [0, 0.05) is 27.9 Å². The average Bonchev–Trinajstić information content (AvgIpc) is 3.18. The molecule has 4 rings (SSSR count). The minimum atomic E-state index is -0.466. The number of fused-ring (bicyclic) bond motifs is 1. The molecule has 30 heavy (non-hydrogen) atoms. The molecule has 2 aromatic carbocycles. The topological polar surface area (TPSA) is 83.1 Å². The summed E-state index contributed by atoms with van der Waals surface area (Å²) < 4.78 is 1.26. The van der Waals surface area contributed by atoms with Crippen molar-refractivity contribution in [3.8, 4) is 6.07 Å². The molecule has 0 spiro atoms. The lowest BCUT2D eigenvalue weighted by Crippen LogP contribution is -2.27. The fourth-order valence-electron chi connectivity index (χ4n) is 3.80. The van der Waals surface area contributed by atoms with Crippen molar-refractivity contribution < 1.29 is 4.79 Å². The number of benzene rings is 2. The molecule has 1 aliphatic heterocycles. The van der Waals surface area contributed by atoms with E-state index >= 15 is 0 Å². The molecule has 0 fully saturated rings. The fourth-order valence-corrected chi connectivity index (χ4v) is 4.05. The zero-order chi connectivity index (χ0) is 21.1. The Morgan fingerprint density at radius 2 is 1.90 bits per heavy atom. The smallest absolute Gasteiger partial charge is 0.306 e. The van der Waals surface area contributed by atoms with Crippen molar-refractivity contribution in [3.63, 3.8) is 0 Å². The standard InChI is InChI=1S/C23H20ClN5O/c1-2-8-20-17(13-25)21(16-11-6-7-12-19(16)24)18-14-26-29(22(18)28-20)23(30)27-15-9-4-3-5-10-15/h3-7,9-12,14,17,21H,2,8H2,1H3,(H,27,30). The number of nitrogens with zero attached hydrogens (tertiary/aromatic N) is 4. The number of nitriles is 1. The van der Waals surface area contributed by atoms with Crippen molar-refractivity contribution in [2.24, 2.45) is 10.9 Å². The molecule has 0 radical (unpaired) electrons. The first-order valence-electron chi connectivity index (χ1n) is 9.79. The lowest BCUT2D eigenvalue weighted by molar-refractivity contribution is 0.251. The Labute approximate surface area is 179 Å². The Bertz CT molecular complexity index is 1150. The molecule has 2 heterocycles. The number of rotatable bonds is 4. The van der Waals surface area contributed by atoms with Crippen LogP contribution in [0.5, 0.6) is 0 Å². The van der Waals surface area contributed by atoms with Gasteiger partial charge in [-0.2, -0.15) is 15.0 Å². The van der Waals surface area contributed by atoms with Crippen molar-refractivity contribution in [1.29, 1.82) is 5.26 Å². The first kappa shape index (κ1) is 19.9. The van der Waals surface area contributed by atoms with Crippen LogP contribution in [0.2, 0.25) is 5.02 Å². The van der Waals surface area contributed by atoms with Gasteiger partial charge in [0.15, 0.2) is 5.82 Å². The second-order valence-electron chi connectivity index (χ2n) is 7.09. The Morgan fingerprint density at radius 3 is 2.60 bits per heavy atom. The number of hydrogen-bond acceptors (Lipinski definition) is 4. The van der Waals surface area contributed by atoms with Gasteiger partial charge in [0.25, 0.3) is 0 Å². The number of para-hydroxylation sites is 1. The summed E-state index contributed by atoms with van der Waals surface area (Å²) in [4.78, 5) is 17.6. The van der Waals surface area contributed by atoms with E-state index < -0.39 is 11.9 Å². The zero-order valence-corrected chi connectivity index (χ0v) is 17.2. The molecule has 1 N–H and O–H groups in total. The number of aromatic nitrogens is 2. The lowest BCUT2D eigenvalue weighted by Gasteiger charge is -2.28. The predicted octanol–water partition coefficient (Wildman–Crippen LogP) is 5.77. The van der Waals surface area contributed by atoms with E-state index in [-0.39, 0.29) is 5.92 Å². The molecule has 1 amide bonds. The first-order valence-corrected chi connectivity index (χ1v) is 10.2. The third-order valence-corrected chi connectivity index (χ3v) is 5.50. The molecular weight excluding hydrogens is 398 g/mol. The van der Waals surface area contributed by atoms with Crippen LogP contribution in [0.4, 0.5) is 16.3 Å². The summed E-state index contributed by atoms with van der Waals surface area (Å²) in [5.41, 5.74) is 2.96. The van der Waals surface area contributed by atoms with E-state index in [1.807, 2.05) is 49.4 Å². The summed E-state index contributed by atoms with van der Waals surface area (Å²) in [5, 5.41) is 17.7. The van der Waals surface area contributed by atoms with Gasteiger partial charge in [-0.05, 0) is 30.2 Å². The number of amides is 1. The number of hydrogen-bond donors (Lipinski definition) is 1. The number of nitrogens with one attached hydrogen (secondary N) is 1. The molecule has 1 aliphatic rings. The van der Waals surface area contributed by atoms with Crippen molar-refractivity contribution >= 4 is 34.8 Å². The van der Waals surface area contributed by atoms with E-state index in [2.05, 4.69) is 16.5 Å². The second kappa shape index (κ2) is 8.52. The van der Waals surface area contributed by atoms with Gasteiger partial charge in [-0.1, -0.05) is 61.3 Å². The van der Waals surface area contributed by atoms with Crippen LogP contribution in [0, 0.1) is 17.2 Å². The molecule has 3 aromatic rings. The molecule has 0 saturated heterocycles. The highest BCUT2D eigenvalue weighted by molar-refractivity contribution is 6.31. The third-order valence-electron chi connectivity index (χ3n) is 5.15. The summed E-state index contributed by atoms with van der Waals surface area (Å²) in [6.07, 6.45) is 3.11.